The highest BCUT2D eigenvalue weighted by molar-refractivity contribution is 5.88. The van der Waals surface area contributed by atoms with Crippen molar-refractivity contribution >= 4 is 5.78 Å². The SMILES string of the molecule is N#CC1CN[C@@H]2C(=O)CO[C@H]12. The number of hydrogen-bond donors (Lipinski definition) is 1. The zero-order chi connectivity index (χ0) is 7.84. The molecule has 0 aromatic rings. The molecule has 1 N–H and O–H groups in total. The van der Waals surface area contributed by atoms with Crippen LogP contribution in [0.2, 0.25) is 0 Å². The maximum atomic E-state index is 11.0. The minimum absolute atomic E-state index is 0.0766. The Kier molecular flexibility index (Phi) is 1.41. The van der Waals surface area contributed by atoms with Crippen molar-refractivity contribution in [3.05, 3.63) is 0 Å². The number of ketones is 1. The molecule has 1 unspecified atom stereocenters. The van der Waals surface area contributed by atoms with Gasteiger partial charge in [0, 0.05) is 6.54 Å². The van der Waals surface area contributed by atoms with Gasteiger partial charge in [0.1, 0.15) is 6.61 Å². The van der Waals surface area contributed by atoms with Gasteiger partial charge in [-0.2, -0.15) is 5.26 Å². The molecule has 0 radical (unpaired) electrons. The fraction of sp³-hybridized carbons (Fsp3) is 0.714. The first-order valence-electron chi connectivity index (χ1n) is 3.60. The Hall–Kier alpha value is -0.920. The standard InChI is InChI=1S/C7H8N2O2/c8-1-4-2-9-6-5(10)3-11-7(4)6/h4,6-7,9H,2-3H2/t4?,6-,7-/m1/s1. The summed E-state index contributed by atoms with van der Waals surface area (Å²) in [6.45, 7) is 0.748. The summed E-state index contributed by atoms with van der Waals surface area (Å²) in [6, 6.07) is 1.91. The predicted octanol–water partition coefficient (Wildman–Crippen LogP) is -0.934. The number of nitrogens with one attached hydrogen (secondary N) is 1. The Bertz CT molecular complexity index is 233. The number of carbonyl (C=O) groups excluding carboxylic acids is 1. The van der Waals surface area contributed by atoms with Gasteiger partial charge >= 0.3 is 0 Å². The number of nitriles is 1. The summed E-state index contributed by atoms with van der Waals surface area (Å²) in [5.41, 5.74) is 0. The predicted molar refractivity (Wildman–Crippen MR) is 35.6 cm³/mol. The van der Waals surface area contributed by atoms with E-state index in [9.17, 15) is 4.79 Å². The van der Waals surface area contributed by atoms with E-state index in [1.54, 1.807) is 0 Å². The maximum Gasteiger partial charge on any atom is 0.178 e. The third kappa shape index (κ3) is 0.854. The second kappa shape index (κ2) is 2.29. The third-order valence-corrected chi connectivity index (χ3v) is 2.21. The van der Waals surface area contributed by atoms with Crippen molar-refractivity contribution in [3.8, 4) is 6.07 Å². The molecule has 3 atom stereocenters. The van der Waals surface area contributed by atoms with E-state index in [0.29, 0.717) is 6.54 Å². The van der Waals surface area contributed by atoms with Crippen LogP contribution in [0.15, 0.2) is 0 Å². The smallest absolute Gasteiger partial charge is 0.178 e. The van der Waals surface area contributed by atoms with Gasteiger partial charge in [-0.15, -0.1) is 0 Å². The number of fused-ring (bicyclic) bond motifs is 1. The largest absolute Gasteiger partial charge is 0.367 e. The second-order valence-electron chi connectivity index (χ2n) is 2.86. The van der Waals surface area contributed by atoms with Crippen molar-refractivity contribution in [1.29, 1.82) is 5.26 Å². The molecule has 2 fully saturated rings. The molecule has 0 aromatic carbocycles. The molecule has 0 amide bonds. The van der Waals surface area contributed by atoms with Crippen molar-refractivity contribution in [2.75, 3.05) is 13.2 Å². The molecule has 0 aromatic heterocycles. The number of carbonyl (C=O) groups is 1. The van der Waals surface area contributed by atoms with Crippen LogP contribution in [0.1, 0.15) is 0 Å². The summed E-state index contributed by atoms with van der Waals surface area (Å²) < 4.78 is 5.16. The van der Waals surface area contributed by atoms with Gasteiger partial charge in [0.2, 0.25) is 0 Å². The molecule has 4 nitrogen and oxygen atoms in total. The first kappa shape index (κ1) is 6.77. The lowest BCUT2D eigenvalue weighted by Gasteiger charge is -2.07. The van der Waals surface area contributed by atoms with E-state index in [1.807, 2.05) is 0 Å². The van der Waals surface area contributed by atoms with Gasteiger partial charge in [-0.1, -0.05) is 0 Å². The number of ether oxygens (including phenoxy) is 1. The van der Waals surface area contributed by atoms with E-state index in [4.69, 9.17) is 10.00 Å². The minimum atomic E-state index is -0.209. The molecule has 2 rings (SSSR count). The van der Waals surface area contributed by atoms with Gasteiger partial charge in [-0.3, -0.25) is 4.79 Å². The first-order valence-corrected chi connectivity index (χ1v) is 3.60. The van der Waals surface area contributed by atoms with Gasteiger partial charge in [0.25, 0.3) is 0 Å². The fourth-order valence-electron chi connectivity index (χ4n) is 1.62. The van der Waals surface area contributed by atoms with Crippen molar-refractivity contribution in [1.82, 2.24) is 5.32 Å². The van der Waals surface area contributed by atoms with Crippen LogP contribution in [0.3, 0.4) is 0 Å². The van der Waals surface area contributed by atoms with Crippen molar-refractivity contribution in [3.63, 3.8) is 0 Å². The summed E-state index contributed by atoms with van der Waals surface area (Å²) in [7, 11) is 0. The molecular weight excluding hydrogens is 144 g/mol. The second-order valence-corrected chi connectivity index (χ2v) is 2.86. The molecule has 58 valence electrons. The average Bonchev–Trinajstić information content (AvgIpc) is 2.53. The highest BCUT2D eigenvalue weighted by Crippen LogP contribution is 2.23. The summed E-state index contributed by atoms with van der Waals surface area (Å²) >= 11 is 0. The van der Waals surface area contributed by atoms with Gasteiger partial charge < -0.3 is 10.1 Å². The van der Waals surface area contributed by atoms with E-state index < -0.39 is 0 Å². The molecular formula is C7H8N2O2. The first-order chi connectivity index (χ1) is 5.33. The Morgan fingerprint density at radius 3 is 3.27 bits per heavy atom. The molecule has 4 heteroatoms. The number of Topliss-reactive ketones (excluding diaryl/α,β-unsaturated/α-hetero) is 1. The number of hydrogen-bond acceptors (Lipinski definition) is 4. The Balaban J connectivity index is 2.17. The van der Waals surface area contributed by atoms with Crippen LogP contribution in [0.25, 0.3) is 0 Å². The molecule has 11 heavy (non-hydrogen) atoms. The van der Waals surface area contributed by atoms with Crippen LogP contribution in [0.4, 0.5) is 0 Å². The van der Waals surface area contributed by atoms with E-state index in [-0.39, 0.29) is 30.5 Å². The zero-order valence-corrected chi connectivity index (χ0v) is 5.91. The molecule has 2 aliphatic rings. The Morgan fingerprint density at radius 2 is 2.55 bits per heavy atom. The summed E-state index contributed by atoms with van der Waals surface area (Å²) in [5, 5.41) is 11.6. The highest BCUT2D eigenvalue weighted by Gasteiger charge is 2.45. The monoisotopic (exact) mass is 152 g/mol. The van der Waals surface area contributed by atoms with Gasteiger partial charge in [0.05, 0.1) is 24.1 Å². The van der Waals surface area contributed by atoms with Gasteiger partial charge in [-0.05, 0) is 0 Å². The normalized spacial score (nSPS) is 42.1. The van der Waals surface area contributed by atoms with E-state index in [2.05, 4.69) is 11.4 Å². The van der Waals surface area contributed by atoms with Crippen molar-refractivity contribution in [2.45, 2.75) is 12.1 Å². The highest BCUT2D eigenvalue weighted by atomic mass is 16.5. The zero-order valence-electron chi connectivity index (χ0n) is 5.91. The van der Waals surface area contributed by atoms with Crippen LogP contribution in [-0.4, -0.2) is 31.1 Å². The average molecular weight is 152 g/mol. The van der Waals surface area contributed by atoms with E-state index in [1.165, 1.54) is 0 Å². The molecule has 2 saturated heterocycles. The summed E-state index contributed by atoms with van der Waals surface area (Å²) in [4.78, 5) is 11.0. The van der Waals surface area contributed by atoms with Crippen molar-refractivity contribution in [2.24, 2.45) is 5.92 Å². The minimum Gasteiger partial charge on any atom is -0.367 e. The molecule has 2 heterocycles. The Labute approximate surface area is 64.1 Å². The maximum absolute atomic E-state index is 11.0. The molecule has 0 spiro atoms. The quantitative estimate of drug-likeness (QED) is 0.487. The lowest BCUT2D eigenvalue weighted by molar-refractivity contribution is -0.119. The van der Waals surface area contributed by atoms with Gasteiger partial charge in [0.15, 0.2) is 5.78 Å². The van der Waals surface area contributed by atoms with Gasteiger partial charge in [-0.25, -0.2) is 0 Å². The van der Waals surface area contributed by atoms with Crippen LogP contribution >= 0.6 is 0 Å². The molecule has 2 aliphatic heterocycles. The van der Waals surface area contributed by atoms with Crippen LogP contribution in [0.5, 0.6) is 0 Å². The third-order valence-electron chi connectivity index (χ3n) is 2.21. The summed E-state index contributed by atoms with van der Waals surface area (Å²) in [6.07, 6.45) is -0.188. The lowest BCUT2D eigenvalue weighted by atomic mass is 10.0. The molecule has 0 aliphatic carbocycles. The molecule has 0 saturated carbocycles. The number of rotatable bonds is 0. The number of nitrogens with zero attached hydrogens (tertiary/aromatic N) is 1. The topological polar surface area (TPSA) is 62.1 Å². The van der Waals surface area contributed by atoms with Crippen LogP contribution < -0.4 is 5.32 Å². The molecule has 0 bridgehead atoms. The summed E-state index contributed by atoms with van der Waals surface area (Å²) in [5.74, 6) is -0.0702. The fourth-order valence-corrected chi connectivity index (χ4v) is 1.62. The lowest BCUT2D eigenvalue weighted by Crippen LogP contribution is -2.33. The van der Waals surface area contributed by atoms with Crippen molar-refractivity contribution < 1.29 is 9.53 Å². The van der Waals surface area contributed by atoms with Crippen LogP contribution in [0, 0.1) is 17.2 Å². The van der Waals surface area contributed by atoms with E-state index >= 15 is 0 Å². The Morgan fingerprint density at radius 1 is 1.73 bits per heavy atom. The van der Waals surface area contributed by atoms with E-state index in [0.717, 1.165) is 0 Å². The van der Waals surface area contributed by atoms with Crippen LogP contribution in [-0.2, 0) is 9.53 Å².